The predicted molar refractivity (Wildman–Crippen MR) is 140 cm³/mol. The van der Waals surface area contributed by atoms with Crippen LogP contribution in [0.25, 0.3) is 10.9 Å². The largest absolute Gasteiger partial charge is 0.416 e. The Hall–Kier alpha value is -4.40. The summed E-state index contributed by atoms with van der Waals surface area (Å²) in [5.74, 6) is -0.676. The van der Waals surface area contributed by atoms with Gasteiger partial charge in [0.15, 0.2) is 0 Å². The van der Waals surface area contributed by atoms with E-state index >= 15 is 0 Å². The van der Waals surface area contributed by atoms with Crippen LogP contribution in [0.5, 0.6) is 0 Å². The molecule has 12 heteroatoms. The first-order valence-electron chi connectivity index (χ1n) is 12.3. The average molecular weight is 542 g/mol. The molecule has 0 bridgehead atoms. The zero-order chi connectivity index (χ0) is 28.3. The van der Waals surface area contributed by atoms with Crippen molar-refractivity contribution < 1.29 is 22.4 Å². The van der Waals surface area contributed by atoms with Gasteiger partial charge >= 0.3 is 12.2 Å². The Morgan fingerprint density at radius 2 is 1.90 bits per heavy atom. The Kier molecular flexibility index (Phi) is 7.90. The van der Waals surface area contributed by atoms with E-state index in [1.807, 2.05) is 62.2 Å². The Balaban J connectivity index is 1.54. The lowest BCUT2D eigenvalue weighted by atomic mass is 10.00. The van der Waals surface area contributed by atoms with E-state index in [1.165, 1.54) is 4.90 Å². The molecule has 0 radical (unpaired) electrons. The summed E-state index contributed by atoms with van der Waals surface area (Å²) < 4.78 is 53.5. The summed E-state index contributed by atoms with van der Waals surface area (Å²) in [7, 11) is 0. The number of hydrogen-bond donors (Lipinski definition) is 2. The van der Waals surface area contributed by atoms with Crippen LogP contribution in [-0.4, -0.2) is 52.5 Å². The zero-order valence-corrected chi connectivity index (χ0v) is 21.6. The number of rotatable bonds is 3. The fourth-order valence-corrected chi connectivity index (χ4v) is 4.52. The SMILES string of the molecule is Cc1ccc2c(N/C(=N/C#N)N3CCN(C(=O)Nc4cc(C(F)(F)F)ccc4F)CC3C(C)C)cccc2n1. The summed E-state index contributed by atoms with van der Waals surface area (Å²) in [5.41, 5.74) is 0.736. The number of nitrogens with zero attached hydrogens (tertiary/aromatic N) is 5. The maximum absolute atomic E-state index is 14.2. The van der Waals surface area contributed by atoms with Gasteiger partial charge in [0.1, 0.15) is 5.82 Å². The predicted octanol–water partition coefficient (Wildman–Crippen LogP) is 5.82. The number of fused-ring (bicyclic) bond motifs is 1. The molecule has 4 rings (SSSR count). The number of pyridine rings is 1. The summed E-state index contributed by atoms with van der Waals surface area (Å²) in [4.78, 5) is 24.8. The first kappa shape index (κ1) is 27.6. The summed E-state index contributed by atoms with van der Waals surface area (Å²) in [6.45, 7) is 6.40. The molecule has 39 heavy (non-hydrogen) atoms. The van der Waals surface area contributed by atoms with E-state index in [0.29, 0.717) is 29.8 Å². The van der Waals surface area contributed by atoms with Gasteiger partial charge in [0.25, 0.3) is 0 Å². The van der Waals surface area contributed by atoms with Crippen LogP contribution in [0.2, 0.25) is 0 Å². The number of halogens is 4. The lowest BCUT2D eigenvalue weighted by Gasteiger charge is -2.44. The molecule has 204 valence electrons. The van der Waals surface area contributed by atoms with E-state index in [4.69, 9.17) is 0 Å². The highest BCUT2D eigenvalue weighted by atomic mass is 19.4. The van der Waals surface area contributed by atoms with Gasteiger partial charge in [-0.1, -0.05) is 19.9 Å². The second-order valence-corrected chi connectivity index (χ2v) is 9.56. The minimum atomic E-state index is -4.68. The average Bonchev–Trinajstić information content (AvgIpc) is 2.88. The Morgan fingerprint density at radius 1 is 1.13 bits per heavy atom. The van der Waals surface area contributed by atoms with Crippen molar-refractivity contribution in [3.63, 3.8) is 0 Å². The number of amides is 2. The van der Waals surface area contributed by atoms with Gasteiger partial charge < -0.3 is 20.4 Å². The highest BCUT2D eigenvalue weighted by Crippen LogP contribution is 2.32. The van der Waals surface area contributed by atoms with Gasteiger partial charge in [-0.15, -0.1) is 4.99 Å². The molecular formula is C27H27F4N7O. The molecule has 1 aromatic heterocycles. The molecule has 0 aliphatic carbocycles. The molecule has 0 saturated carbocycles. The van der Waals surface area contributed by atoms with Gasteiger partial charge in [-0.05, 0) is 55.3 Å². The quantitative estimate of drug-likeness (QED) is 0.188. The van der Waals surface area contributed by atoms with Crippen molar-refractivity contribution in [2.45, 2.75) is 33.0 Å². The molecular weight excluding hydrogens is 514 g/mol. The maximum atomic E-state index is 14.2. The molecule has 3 aromatic rings. The number of guanidine groups is 1. The third-order valence-corrected chi connectivity index (χ3v) is 6.56. The van der Waals surface area contributed by atoms with Crippen LogP contribution in [0.15, 0.2) is 53.5 Å². The molecule has 2 amide bonds. The van der Waals surface area contributed by atoms with E-state index < -0.39 is 29.3 Å². The number of nitrogens with one attached hydrogen (secondary N) is 2. The maximum Gasteiger partial charge on any atom is 0.416 e. The van der Waals surface area contributed by atoms with Crippen LogP contribution in [0.3, 0.4) is 0 Å². The van der Waals surface area contributed by atoms with Crippen molar-refractivity contribution in [3.8, 4) is 6.19 Å². The summed E-state index contributed by atoms with van der Waals surface area (Å²) in [6.07, 6.45) is -2.84. The second kappa shape index (κ2) is 11.1. The Labute approximate surface area is 222 Å². The summed E-state index contributed by atoms with van der Waals surface area (Å²) >= 11 is 0. The van der Waals surface area contributed by atoms with Crippen molar-refractivity contribution in [1.29, 1.82) is 5.26 Å². The lowest BCUT2D eigenvalue weighted by Crippen LogP contribution is -2.60. The fourth-order valence-electron chi connectivity index (χ4n) is 4.52. The van der Waals surface area contributed by atoms with E-state index in [9.17, 15) is 27.6 Å². The molecule has 2 heterocycles. The smallest absolute Gasteiger partial charge is 0.335 e. The number of aliphatic imine (C=N–C) groups is 1. The lowest BCUT2D eigenvalue weighted by molar-refractivity contribution is -0.137. The second-order valence-electron chi connectivity index (χ2n) is 9.56. The topological polar surface area (TPSA) is 96.7 Å². The monoisotopic (exact) mass is 541 g/mol. The van der Waals surface area contributed by atoms with Crippen molar-refractivity contribution in [1.82, 2.24) is 14.8 Å². The summed E-state index contributed by atoms with van der Waals surface area (Å²) in [6, 6.07) is 10.2. The number of carbonyl (C=O) groups excluding carboxylic acids is 1. The van der Waals surface area contributed by atoms with Crippen LogP contribution in [0.1, 0.15) is 25.1 Å². The molecule has 8 nitrogen and oxygen atoms in total. The number of alkyl halides is 3. The summed E-state index contributed by atoms with van der Waals surface area (Å²) in [5, 5.41) is 15.8. The minimum Gasteiger partial charge on any atom is -0.335 e. The first-order chi connectivity index (χ1) is 18.5. The molecule has 1 saturated heterocycles. The van der Waals surface area contributed by atoms with Crippen LogP contribution in [0, 0.1) is 30.1 Å². The highest BCUT2D eigenvalue weighted by Gasteiger charge is 2.35. The number of anilines is 2. The van der Waals surface area contributed by atoms with Gasteiger partial charge in [0, 0.05) is 30.7 Å². The Bertz CT molecular complexity index is 1450. The number of piperazine rings is 1. The third kappa shape index (κ3) is 6.19. The molecule has 1 unspecified atom stereocenters. The number of aromatic nitrogens is 1. The number of nitriles is 1. The van der Waals surface area contributed by atoms with Crippen LogP contribution >= 0.6 is 0 Å². The van der Waals surface area contributed by atoms with Crippen molar-refractivity contribution in [3.05, 3.63) is 65.6 Å². The number of hydrogen-bond acceptors (Lipinski definition) is 4. The molecule has 1 fully saturated rings. The van der Waals surface area contributed by atoms with E-state index in [2.05, 4.69) is 20.6 Å². The van der Waals surface area contributed by atoms with Gasteiger partial charge in [-0.3, -0.25) is 4.98 Å². The molecule has 1 atom stereocenters. The standard InChI is InChI=1S/C27H27F4N7O/c1-16(2)24-14-37(26(39)36-23-13-18(27(29,30)31)8-10-20(23)28)11-12-38(24)25(33-15-32)35-22-6-4-5-21-19(22)9-7-17(3)34-21/h4-10,13,16,24H,11-12,14H2,1-3H3,(H,33,35)(H,36,39). The highest BCUT2D eigenvalue weighted by molar-refractivity contribution is 6.03. The van der Waals surface area contributed by atoms with Gasteiger partial charge in [-0.25, -0.2) is 9.18 Å². The van der Waals surface area contributed by atoms with Crippen LogP contribution in [-0.2, 0) is 6.18 Å². The number of benzene rings is 2. The van der Waals surface area contributed by atoms with Crippen LogP contribution in [0.4, 0.5) is 33.7 Å². The molecule has 2 aromatic carbocycles. The van der Waals surface area contributed by atoms with Crippen LogP contribution < -0.4 is 10.6 Å². The Morgan fingerprint density at radius 3 is 2.59 bits per heavy atom. The molecule has 1 aliphatic heterocycles. The zero-order valence-electron chi connectivity index (χ0n) is 21.6. The van der Waals surface area contributed by atoms with Crippen molar-refractivity contribution in [2.75, 3.05) is 30.3 Å². The van der Waals surface area contributed by atoms with E-state index in [-0.39, 0.29) is 31.6 Å². The van der Waals surface area contributed by atoms with Gasteiger partial charge in [0.2, 0.25) is 12.2 Å². The van der Waals surface area contributed by atoms with Gasteiger partial charge in [-0.2, -0.15) is 18.4 Å². The van der Waals surface area contributed by atoms with Gasteiger partial charge in [0.05, 0.1) is 28.5 Å². The minimum absolute atomic E-state index is 0.00609. The molecule has 1 aliphatic rings. The van der Waals surface area contributed by atoms with Crippen molar-refractivity contribution >= 4 is 34.3 Å². The molecule has 0 spiro atoms. The normalized spacial score (nSPS) is 16.4. The molecule has 2 N–H and O–H groups in total. The first-order valence-corrected chi connectivity index (χ1v) is 12.3. The van der Waals surface area contributed by atoms with E-state index in [1.54, 1.807) is 0 Å². The third-order valence-electron chi connectivity index (χ3n) is 6.56. The fraction of sp³-hybridized carbons (Fsp3) is 0.333. The van der Waals surface area contributed by atoms with E-state index in [0.717, 1.165) is 16.6 Å². The number of carbonyl (C=O) groups is 1. The number of urea groups is 1. The number of aryl methyl sites for hydroxylation is 1. The van der Waals surface area contributed by atoms with Crippen molar-refractivity contribution in [2.24, 2.45) is 10.9 Å².